The normalized spacial score (nSPS) is 10.7. The number of ether oxygens (including phenoxy) is 1. The second kappa shape index (κ2) is 7.31. The van der Waals surface area contributed by atoms with Gasteiger partial charge in [0, 0.05) is 24.1 Å². The highest BCUT2D eigenvalue weighted by atomic mass is 35.5. The number of hydrogen-bond acceptors (Lipinski definition) is 4. The van der Waals surface area contributed by atoms with Crippen molar-refractivity contribution in [1.29, 1.82) is 0 Å². The number of hydrogen-bond donors (Lipinski definition) is 1. The molecule has 5 nitrogen and oxygen atoms in total. The largest absolute Gasteiger partial charge is 0.482 e. The van der Waals surface area contributed by atoms with Gasteiger partial charge in [0.25, 0.3) is 5.91 Å². The SMILES string of the molecule is CCCCNC(=O)COc1cc2oc(=O)cc(C)c2cc1Cl. The molecule has 6 heteroatoms. The molecule has 0 fully saturated rings. The minimum Gasteiger partial charge on any atom is -0.482 e. The molecule has 1 aromatic carbocycles. The Hall–Kier alpha value is -2.01. The van der Waals surface area contributed by atoms with Crippen molar-refractivity contribution in [3.05, 3.63) is 39.2 Å². The number of carbonyl (C=O) groups excluding carboxylic acids is 1. The average molecular weight is 324 g/mol. The molecule has 0 saturated heterocycles. The van der Waals surface area contributed by atoms with Crippen molar-refractivity contribution >= 4 is 28.5 Å². The van der Waals surface area contributed by atoms with Crippen molar-refractivity contribution in [2.45, 2.75) is 26.7 Å². The quantitative estimate of drug-likeness (QED) is 0.655. The van der Waals surface area contributed by atoms with Gasteiger partial charge in [-0.15, -0.1) is 0 Å². The van der Waals surface area contributed by atoms with Crippen LogP contribution in [0.2, 0.25) is 5.02 Å². The van der Waals surface area contributed by atoms with E-state index in [2.05, 4.69) is 5.32 Å². The highest BCUT2D eigenvalue weighted by molar-refractivity contribution is 6.32. The summed E-state index contributed by atoms with van der Waals surface area (Å²) in [4.78, 5) is 23.0. The van der Waals surface area contributed by atoms with Crippen LogP contribution in [0.5, 0.6) is 5.75 Å². The zero-order valence-electron chi connectivity index (χ0n) is 12.6. The third-order valence-electron chi connectivity index (χ3n) is 3.22. The van der Waals surface area contributed by atoms with Gasteiger partial charge in [0.15, 0.2) is 6.61 Å². The Morgan fingerprint density at radius 3 is 2.86 bits per heavy atom. The van der Waals surface area contributed by atoms with E-state index in [1.807, 2.05) is 6.92 Å². The third-order valence-corrected chi connectivity index (χ3v) is 3.51. The maximum Gasteiger partial charge on any atom is 0.336 e. The highest BCUT2D eigenvalue weighted by Crippen LogP contribution is 2.30. The van der Waals surface area contributed by atoms with E-state index in [0.29, 0.717) is 22.9 Å². The van der Waals surface area contributed by atoms with Crippen LogP contribution in [0.3, 0.4) is 0 Å². The fourth-order valence-corrected chi connectivity index (χ4v) is 2.25. The predicted octanol–water partition coefficient (Wildman–Crippen LogP) is 3.05. The molecular formula is C16H18ClNO4. The van der Waals surface area contributed by atoms with Gasteiger partial charge in [-0.2, -0.15) is 0 Å². The first-order valence-corrected chi connectivity index (χ1v) is 7.52. The van der Waals surface area contributed by atoms with E-state index in [1.165, 1.54) is 12.1 Å². The number of halogens is 1. The van der Waals surface area contributed by atoms with Crippen molar-refractivity contribution in [2.75, 3.05) is 13.2 Å². The monoisotopic (exact) mass is 323 g/mol. The molecule has 1 aromatic heterocycles. The van der Waals surface area contributed by atoms with Gasteiger partial charge in [0.1, 0.15) is 11.3 Å². The van der Waals surface area contributed by atoms with Crippen molar-refractivity contribution in [3.63, 3.8) is 0 Å². The maximum atomic E-state index is 11.6. The molecule has 0 aliphatic rings. The topological polar surface area (TPSA) is 68.5 Å². The second-order valence-electron chi connectivity index (χ2n) is 5.02. The Morgan fingerprint density at radius 1 is 1.36 bits per heavy atom. The Bertz CT molecular complexity index is 739. The summed E-state index contributed by atoms with van der Waals surface area (Å²) in [7, 11) is 0. The Labute approximate surface area is 133 Å². The van der Waals surface area contributed by atoms with Gasteiger partial charge in [-0.3, -0.25) is 4.79 Å². The van der Waals surface area contributed by atoms with Crippen LogP contribution >= 0.6 is 11.6 Å². The molecule has 0 aliphatic heterocycles. The van der Waals surface area contributed by atoms with Crippen LogP contribution in [0.15, 0.2) is 27.4 Å². The first kappa shape index (κ1) is 16.4. The van der Waals surface area contributed by atoms with Crippen LogP contribution < -0.4 is 15.7 Å². The molecule has 0 unspecified atom stereocenters. The van der Waals surface area contributed by atoms with E-state index in [0.717, 1.165) is 23.8 Å². The minimum absolute atomic E-state index is 0.134. The number of carbonyl (C=O) groups is 1. The lowest BCUT2D eigenvalue weighted by atomic mass is 10.1. The van der Waals surface area contributed by atoms with Gasteiger partial charge in [-0.05, 0) is 25.0 Å². The summed E-state index contributed by atoms with van der Waals surface area (Å²) in [6.45, 7) is 4.34. The molecular weight excluding hydrogens is 306 g/mol. The highest BCUT2D eigenvalue weighted by Gasteiger charge is 2.10. The molecule has 0 aliphatic carbocycles. The molecule has 0 saturated carbocycles. The van der Waals surface area contributed by atoms with Crippen molar-refractivity contribution < 1.29 is 13.9 Å². The van der Waals surface area contributed by atoms with Crippen molar-refractivity contribution in [2.24, 2.45) is 0 Å². The molecule has 2 rings (SSSR count). The zero-order valence-corrected chi connectivity index (χ0v) is 13.3. The van der Waals surface area contributed by atoms with E-state index in [1.54, 1.807) is 13.0 Å². The summed E-state index contributed by atoms with van der Waals surface area (Å²) in [5.74, 6) is 0.101. The summed E-state index contributed by atoms with van der Waals surface area (Å²) in [6, 6.07) is 4.60. The minimum atomic E-state index is -0.435. The molecule has 1 amide bonds. The maximum absolute atomic E-state index is 11.6. The average Bonchev–Trinajstić information content (AvgIpc) is 2.46. The second-order valence-corrected chi connectivity index (χ2v) is 5.43. The summed E-state index contributed by atoms with van der Waals surface area (Å²) in [6.07, 6.45) is 1.93. The summed E-state index contributed by atoms with van der Waals surface area (Å²) in [5.41, 5.74) is 0.725. The number of unbranched alkanes of at least 4 members (excludes halogenated alkanes) is 1. The van der Waals surface area contributed by atoms with Crippen LogP contribution in [0, 0.1) is 6.92 Å². The summed E-state index contributed by atoms with van der Waals surface area (Å²) < 4.78 is 10.5. The summed E-state index contributed by atoms with van der Waals surface area (Å²) in [5, 5.41) is 3.85. The lowest BCUT2D eigenvalue weighted by molar-refractivity contribution is -0.123. The van der Waals surface area contributed by atoms with Crippen molar-refractivity contribution in [3.8, 4) is 5.75 Å². The molecule has 0 bridgehead atoms. The smallest absolute Gasteiger partial charge is 0.336 e. The Morgan fingerprint density at radius 2 is 2.14 bits per heavy atom. The van der Waals surface area contributed by atoms with Gasteiger partial charge in [0.2, 0.25) is 0 Å². The first-order chi connectivity index (χ1) is 10.5. The van der Waals surface area contributed by atoms with Gasteiger partial charge in [0.05, 0.1) is 5.02 Å². The number of aryl methyl sites for hydroxylation is 1. The van der Waals surface area contributed by atoms with E-state index in [-0.39, 0.29) is 12.5 Å². The number of nitrogens with one attached hydrogen (secondary N) is 1. The van der Waals surface area contributed by atoms with Gasteiger partial charge in [-0.25, -0.2) is 4.79 Å². The Kier molecular flexibility index (Phi) is 5.44. The Balaban J connectivity index is 2.13. The zero-order chi connectivity index (χ0) is 16.1. The molecule has 1 heterocycles. The molecule has 0 spiro atoms. The fourth-order valence-electron chi connectivity index (χ4n) is 2.03. The molecule has 0 atom stereocenters. The van der Waals surface area contributed by atoms with Crippen LogP contribution in [-0.4, -0.2) is 19.1 Å². The number of fused-ring (bicyclic) bond motifs is 1. The predicted molar refractivity (Wildman–Crippen MR) is 85.6 cm³/mol. The first-order valence-electron chi connectivity index (χ1n) is 7.14. The van der Waals surface area contributed by atoms with Gasteiger partial charge in [-0.1, -0.05) is 24.9 Å². The van der Waals surface area contributed by atoms with Crippen LogP contribution in [0.1, 0.15) is 25.3 Å². The number of benzene rings is 1. The molecule has 0 radical (unpaired) electrons. The van der Waals surface area contributed by atoms with Gasteiger partial charge < -0.3 is 14.5 Å². The molecule has 22 heavy (non-hydrogen) atoms. The summed E-state index contributed by atoms with van der Waals surface area (Å²) >= 11 is 6.15. The van der Waals surface area contributed by atoms with Crippen molar-refractivity contribution in [1.82, 2.24) is 5.32 Å². The lowest BCUT2D eigenvalue weighted by Crippen LogP contribution is -2.29. The number of rotatable bonds is 6. The molecule has 118 valence electrons. The molecule has 2 aromatic rings. The van der Waals surface area contributed by atoms with Crippen LogP contribution in [-0.2, 0) is 4.79 Å². The van der Waals surface area contributed by atoms with Crippen LogP contribution in [0.4, 0.5) is 0 Å². The molecule has 1 N–H and O–H groups in total. The fraction of sp³-hybridized carbons (Fsp3) is 0.375. The third kappa shape index (κ3) is 4.01. The lowest BCUT2D eigenvalue weighted by Gasteiger charge is -2.10. The van der Waals surface area contributed by atoms with E-state index in [9.17, 15) is 9.59 Å². The standard InChI is InChI=1S/C16H18ClNO4/c1-3-4-5-18-15(19)9-21-14-8-13-11(7-12(14)17)10(2)6-16(20)22-13/h6-8H,3-5,9H2,1-2H3,(H,18,19). The van der Waals surface area contributed by atoms with Crippen LogP contribution in [0.25, 0.3) is 11.0 Å². The van der Waals surface area contributed by atoms with E-state index >= 15 is 0 Å². The number of amides is 1. The van der Waals surface area contributed by atoms with E-state index < -0.39 is 5.63 Å². The van der Waals surface area contributed by atoms with Gasteiger partial charge >= 0.3 is 5.63 Å². The van der Waals surface area contributed by atoms with E-state index in [4.69, 9.17) is 20.8 Å².